The number of piperidine rings is 1. The first kappa shape index (κ1) is 13.4. The summed E-state index contributed by atoms with van der Waals surface area (Å²) in [6.45, 7) is 2.69. The number of carbonyl (C=O) groups excluding carboxylic acids is 1. The fourth-order valence-corrected chi connectivity index (χ4v) is 3.38. The molecule has 2 aliphatic rings. The summed E-state index contributed by atoms with van der Waals surface area (Å²) >= 11 is 0. The van der Waals surface area contributed by atoms with Gasteiger partial charge in [0.25, 0.3) is 5.91 Å². The monoisotopic (exact) mass is 275 g/mol. The molecule has 3 heterocycles. The Bertz CT molecular complexity index is 534. The van der Waals surface area contributed by atoms with Crippen molar-refractivity contribution in [2.45, 2.75) is 31.7 Å². The Hall–Kier alpha value is -1.62. The number of H-pyrrole nitrogens is 1. The van der Waals surface area contributed by atoms with E-state index in [2.05, 4.69) is 10.3 Å². The third-order valence-electron chi connectivity index (χ3n) is 4.41. The Balaban J connectivity index is 1.70. The van der Waals surface area contributed by atoms with E-state index in [-0.39, 0.29) is 11.5 Å². The van der Waals surface area contributed by atoms with E-state index in [9.17, 15) is 9.59 Å². The molecule has 3 rings (SSSR count). The highest BCUT2D eigenvalue weighted by atomic mass is 16.2. The molecule has 2 saturated heterocycles. The number of likely N-dealkylation sites (tertiary alicyclic amines) is 1. The molecule has 2 atom stereocenters. The summed E-state index contributed by atoms with van der Waals surface area (Å²) < 4.78 is 0. The molecule has 5 heteroatoms. The fraction of sp³-hybridized carbons (Fsp3) is 0.600. The minimum absolute atomic E-state index is 0.0506. The SMILES string of the molecule is O=C(c1cccc(=O)[nH]1)N1CCCC(C2CCCN2)C1. The molecule has 0 spiro atoms. The van der Waals surface area contributed by atoms with E-state index < -0.39 is 0 Å². The molecular formula is C15H21N3O2. The van der Waals surface area contributed by atoms with Crippen molar-refractivity contribution in [1.29, 1.82) is 0 Å². The molecule has 2 N–H and O–H groups in total. The highest BCUT2D eigenvalue weighted by Gasteiger charge is 2.31. The molecule has 1 amide bonds. The van der Waals surface area contributed by atoms with Crippen LogP contribution in [0.25, 0.3) is 0 Å². The van der Waals surface area contributed by atoms with Crippen molar-refractivity contribution in [3.8, 4) is 0 Å². The molecule has 1 aromatic heterocycles. The number of hydrogen-bond acceptors (Lipinski definition) is 3. The van der Waals surface area contributed by atoms with Crippen LogP contribution in [-0.4, -0.2) is 41.5 Å². The number of nitrogens with zero attached hydrogens (tertiary/aromatic N) is 1. The van der Waals surface area contributed by atoms with Gasteiger partial charge in [0, 0.05) is 25.2 Å². The van der Waals surface area contributed by atoms with Crippen LogP contribution < -0.4 is 10.9 Å². The predicted octanol–water partition coefficient (Wildman–Crippen LogP) is 0.979. The summed E-state index contributed by atoms with van der Waals surface area (Å²) in [5.74, 6) is 0.496. The number of carbonyl (C=O) groups is 1. The zero-order valence-electron chi connectivity index (χ0n) is 11.6. The van der Waals surface area contributed by atoms with Crippen LogP contribution in [0.2, 0.25) is 0 Å². The van der Waals surface area contributed by atoms with E-state index in [1.54, 1.807) is 12.1 Å². The number of aromatic nitrogens is 1. The summed E-state index contributed by atoms with van der Waals surface area (Å²) in [7, 11) is 0. The summed E-state index contributed by atoms with van der Waals surface area (Å²) in [6, 6.07) is 5.30. The van der Waals surface area contributed by atoms with Crippen molar-refractivity contribution in [2.24, 2.45) is 5.92 Å². The van der Waals surface area contributed by atoms with E-state index in [4.69, 9.17) is 0 Å². The van der Waals surface area contributed by atoms with E-state index in [1.807, 2.05) is 4.90 Å². The number of pyridine rings is 1. The van der Waals surface area contributed by atoms with Gasteiger partial charge in [-0.25, -0.2) is 0 Å². The van der Waals surface area contributed by atoms with Crippen LogP contribution >= 0.6 is 0 Å². The smallest absolute Gasteiger partial charge is 0.270 e. The number of aromatic amines is 1. The van der Waals surface area contributed by atoms with Crippen LogP contribution in [-0.2, 0) is 0 Å². The summed E-state index contributed by atoms with van der Waals surface area (Å²) in [6.07, 6.45) is 4.69. The minimum atomic E-state index is -0.220. The van der Waals surface area contributed by atoms with Gasteiger partial charge in [-0.1, -0.05) is 6.07 Å². The van der Waals surface area contributed by atoms with Crippen molar-refractivity contribution in [3.63, 3.8) is 0 Å². The lowest BCUT2D eigenvalue weighted by molar-refractivity contribution is 0.0645. The maximum absolute atomic E-state index is 12.4. The second-order valence-corrected chi connectivity index (χ2v) is 5.79. The van der Waals surface area contributed by atoms with Crippen molar-refractivity contribution >= 4 is 5.91 Å². The topological polar surface area (TPSA) is 65.2 Å². The first-order valence-corrected chi connectivity index (χ1v) is 7.46. The first-order valence-electron chi connectivity index (χ1n) is 7.46. The van der Waals surface area contributed by atoms with Gasteiger partial charge in [0.05, 0.1) is 0 Å². The van der Waals surface area contributed by atoms with Crippen LogP contribution in [0.1, 0.15) is 36.2 Å². The summed E-state index contributed by atoms with van der Waals surface area (Å²) in [4.78, 5) is 28.3. The molecule has 2 fully saturated rings. The lowest BCUT2D eigenvalue weighted by atomic mass is 9.89. The highest BCUT2D eigenvalue weighted by Crippen LogP contribution is 2.25. The Morgan fingerprint density at radius 1 is 1.25 bits per heavy atom. The van der Waals surface area contributed by atoms with Gasteiger partial charge in [-0.3, -0.25) is 9.59 Å². The van der Waals surface area contributed by atoms with Gasteiger partial charge in [0.15, 0.2) is 0 Å². The van der Waals surface area contributed by atoms with Crippen molar-refractivity contribution < 1.29 is 4.79 Å². The highest BCUT2D eigenvalue weighted by molar-refractivity contribution is 5.92. The van der Waals surface area contributed by atoms with Gasteiger partial charge in [0.1, 0.15) is 5.69 Å². The van der Waals surface area contributed by atoms with Gasteiger partial charge >= 0.3 is 0 Å². The number of hydrogen-bond donors (Lipinski definition) is 2. The van der Waals surface area contributed by atoms with Crippen molar-refractivity contribution in [1.82, 2.24) is 15.2 Å². The lowest BCUT2D eigenvalue weighted by Crippen LogP contribution is -2.46. The third kappa shape index (κ3) is 2.77. The lowest BCUT2D eigenvalue weighted by Gasteiger charge is -2.35. The van der Waals surface area contributed by atoms with Crippen molar-refractivity contribution in [3.05, 3.63) is 34.2 Å². The molecule has 108 valence electrons. The first-order chi connectivity index (χ1) is 9.74. The van der Waals surface area contributed by atoms with Crippen LogP contribution in [0.5, 0.6) is 0 Å². The molecule has 0 radical (unpaired) electrons. The molecule has 2 aliphatic heterocycles. The molecule has 2 unspecified atom stereocenters. The molecule has 0 aliphatic carbocycles. The second kappa shape index (κ2) is 5.79. The molecule has 0 saturated carbocycles. The normalized spacial score (nSPS) is 26.7. The predicted molar refractivity (Wildman–Crippen MR) is 76.7 cm³/mol. The Morgan fingerprint density at radius 3 is 2.90 bits per heavy atom. The van der Waals surface area contributed by atoms with E-state index in [0.29, 0.717) is 17.7 Å². The molecule has 0 aromatic carbocycles. The molecule has 5 nitrogen and oxygen atoms in total. The van der Waals surface area contributed by atoms with Crippen LogP contribution in [0.4, 0.5) is 0 Å². The quantitative estimate of drug-likeness (QED) is 0.845. The Morgan fingerprint density at radius 2 is 2.15 bits per heavy atom. The van der Waals surface area contributed by atoms with Gasteiger partial charge in [-0.05, 0) is 44.2 Å². The van der Waals surface area contributed by atoms with E-state index >= 15 is 0 Å². The zero-order chi connectivity index (χ0) is 13.9. The average molecular weight is 275 g/mol. The summed E-state index contributed by atoms with van der Waals surface area (Å²) in [5, 5.41) is 3.54. The zero-order valence-corrected chi connectivity index (χ0v) is 11.6. The molecular weight excluding hydrogens is 254 g/mol. The van der Waals surface area contributed by atoms with Crippen LogP contribution in [0.3, 0.4) is 0 Å². The fourth-order valence-electron chi connectivity index (χ4n) is 3.38. The second-order valence-electron chi connectivity index (χ2n) is 5.79. The number of nitrogens with one attached hydrogen (secondary N) is 2. The van der Waals surface area contributed by atoms with Crippen LogP contribution in [0.15, 0.2) is 23.0 Å². The Labute approximate surface area is 118 Å². The van der Waals surface area contributed by atoms with E-state index in [0.717, 1.165) is 26.1 Å². The molecule has 1 aromatic rings. The summed E-state index contributed by atoms with van der Waals surface area (Å²) in [5.41, 5.74) is 0.180. The maximum atomic E-state index is 12.4. The van der Waals surface area contributed by atoms with Gasteiger partial charge in [-0.2, -0.15) is 0 Å². The largest absolute Gasteiger partial charge is 0.337 e. The van der Waals surface area contributed by atoms with Gasteiger partial charge in [-0.15, -0.1) is 0 Å². The third-order valence-corrected chi connectivity index (χ3v) is 4.41. The van der Waals surface area contributed by atoms with Gasteiger partial charge in [0.2, 0.25) is 5.56 Å². The number of amides is 1. The van der Waals surface area contributed by atoms with E-state index in [1.165, 1.54) is 25.3 Å². The molecule has 20 heavy (non-hydrogen) atoms. The van der Waals surface area contributed by atoms with Crippen molar-refractivity contribution in [2.75, 3.05) is 19.6 Å². The standard InChI is InChI=1S/C15H21N3O2/c19-14-7-1-5-13(17-14)15(20)18-9-3-4-11(10-18)12-6-2-8-16-12/h1,5,7,11-12,16H,2-4,6,8-10H2,(H,17,19). The minimum Gasteiger partial charge on any atom is -0.337 e. The average Bonchev–Trinajstić information content (AvgIpc) is 3.01. The van der Waals surface area contributed by atoms with Crippen LogP contribution in [0, 0.1) is 5.92 Å². The molecule has 0 bridgehead atoms. The number of rotatable bonds is 2. The Kier molecular flexibility index (Phi) is 3.87. The van der Waals surface area contributed by atoms with Gasteiger partial charge < -0.3 is 15.2 Å². The maximum Gasteiger partial charge on any atom is 0.270 e.